The maximum absolute atomic E-state index is 5.89. The molecule has 1 saturated carbocycles. The highest BCUT2D eigenvalue weighted by atomic mass is 16.4. The molecule has 4 nitrogen and oxygen atoms in total. The number of nitrogens with one attached hydrogen (secondary N) is 1. The van der Waals surface area contributed by atoms with Crippen LogP contribution in [0.2, 0.25) is 0 Å². The number of rotatable bonds is 5. The Morgan fingerprint density at radius 2 is 1.84 bits per heavy atom. The van der Waals surface area contributed by atoms with E-state index in [-0.39, 0.29) is 6.04 Å². The summed E-state index contributed by atoms with van der Waals surface area (Å²) in [5.74, 6) is 2.09. The van der Waals surface area contributed by atoms with Gasteiger partial charge in [-0.25, -0.2) is 0 Å². The minimum Gasteiger partial charge on any atom is -0.423 e. The number of hydrogen-bond acceptors (Lipinski definition) is 4. The average Bonchev–Trinajstić information content (AvgIpc) is 2.85. The molecule has 4 heteroatoms. The lowest BCUT2D eigenvalue weighted by molar-refractivity contribution is 0.343. The quantitative estimate of drug-likeness (QED) is 0.875. The largest absolute Gasteiger partial charge is 0.423 e. The first-order valence-corrected chi connectivity index (χ1v) is 7.88. The molecule has 108 valence electrons. The summed E-state index contributed by atoms with van der Waals surface area (Å²) < 4.78 is 5.89. The normalized spacial score (nSPS) is 19.9. The highest BCUT2D eigenvalue weighted by Crippen LogP contribution is 2.30. The van der Waals surface area contributed by atoms with Crippen LogP contribution in [0.4, 0.5) is 0 Å². The highest BCUT2D eigenvalue weighted by Gasteiger charge is 2.21. The van der Waals surface area contributed by atoms with E-state index in [0.29, 0.717) is 5.92 Å². The fourth-order valence-corrected chi connectivity index (χ4v) is 2.74. The molecule has 0 bridgehead atoms. The molecule has 1 aromatic rings. The van der Waals surface area contributed by atoms with Gasteiger partial charge in [0.1, 0.15) is 0 Å². The Bertz CT molecular complexity index is 356. The lowest BCUT2D eigenvalue weighted by Gasteiger charge is -2.16. The van der Waals surface area contributed by atoms with Crippen LogP contribution in [-0.4, -0.2) is 16.7 Å². The molecule has 19 heavy (non-hydrogen) atoms. The lowest BCUT2D eigenvalue weighted by Crippen LogP contribution is -2.19. The monoisotopic (exact) mass is 265 g/mol. The zero-order valence-electron chi connectivity index (χ0n) is 12.3. The predicted octanol–water partition coefficient (Wildman–Crippen LogP) is 3.96. The Morgan fingerprint density at radius 1 is 1.16 bits per heavy atom. The van der Waals surface area contributed by atoms with Gasteiger partial charge in [-0.05, 0) is 32.7 Å². The van der Waals surface area contributed by atoms with Crippen molar-refractivity contribution in [3.05, 3.63) is 11.8 Å². The van der Waals surface area contributed by atoms with E-state index in [1.807, 2.05) is 0 Å². The Morgan fingerprint density at radius 3 is 2.53 bits per heavy atom. The van der Waals surface area contributed by atoms with E-state index in [1.54, 1.807) is 0 Å². The maximum Gasteiger partial charge on any atom is 0.233 e. The van der Waals surface area contributed by atoms with Crippen LogP contribution in [0.25, 0.3) is 0 Å². The van der Waals surface area contributed by atoms with Crippen LogP contribution in [0.3, 0.4) is 0 Å². The fraction of sp³-hybridized carbons (Fsp3) is 0.867. The topological polar surface area (TPSA) is 51.0 Å². The van der Waals surface area contributed by atoms with Gasteiger partial charge in [-0.15, -0.1) is 10.2 Å². The first-order chi connectivity index (χ1) is 9.31. The SMILES string of the molecule is CCCNC(C)c1nnc(C2CCCCCCC2)o1. The van der Waals surface area contributed by atoms with Crippen molar-refractivity contribution in [2.75, 3.05) is 6.54 Å². The molecule has 0 radical (unpaired) electrons. The van der Waals surface area contributed by atoms with E-state index < -0.39 is 0 Å². The summed E-state index contributed by atoms with van der Waals surface area (Å²) >= 11 is 0. The van der Waals surface area contributed by atoms with Crippen LogP contribution in [0, 0.1) is 0 Å². The van der Waals surface area contributed by atoms with Crippen molar-refractivity contribution in [2.24, 2.45) is 0 Å². The van der Waals surface area contributed by atoms with E-state index >= 15 is 0 Å². The van der Waals surface area contributed by atoms with E-state index in [9.17, 15) is 0 Å². The molecule has 2 rings (SSSR count). The summed E-state index contributed by atoms with van der Waals surface area (Å²) in [5, 5.41) is 11.9. The van der Waals surface area contributed by atoms with Gasteiger partial charge in [0, 0.05) is 5.92 Å². The smallest absolute Gasteiger partial charge is 0.233 e. The van der Waals surface area contributed by atoms with Crippen LogP contribution in [-0.2, 0) is 0 Å². The highest BCUT2D eigenvalue weighted by molar-refractivity contribution is 4.94. The van der Waals surface area contributed by atoms with Gasteiger partial charge < -0.3 is 9.73 Å². The van der Waals surface area contributed by atoms with Gasteiger partial charge in [0.15, 0.2) is 0 Å². The van der Waals surface area contributed by atoms with E-state index in [4.69, 9.17) is 4.42 Å². The summed E-state index contributed by atoms with van der Waals surface area (Å²) in [5.41, 5.74) is 0. The summed E-state index contributed by atoms with van der Waals surface area (Å²) in [4.78, 5) is 0. The van der Waals surface area contributed by atoms with Crippen molar-refractivity contribution in [1.29, 1.82) is 0 Å². The van der Waals surface area contributed by atoms with Crippen molar-refractivity contribution < 1.29 is 4.42 Å². The molecular weight excluding hydrogens is 238 g/mol. The Hall–Kier alpha value is -0.900. The third-order valence-corrected chi connectivity index (χ3v) is 3.98. The van der Waals surface area contributed by atoms with E-state index in [2.05, 4.69) is 29.4 Å². The van der Waals surface area contributed by atoms with Gasteiger partial charge >= 0.3 is 0 Å². The molecule has 1 N–H and O–H groups in total. The van der Waals surface area contributed by atoms with Crippen LogP contribution in [0.1, 0.15) is 89.0 Å². The molecule has 1 atom stereocenters. The minimum absolute atomic E-state index is 0.162. The summed E-state index contributed by atoms with van der Waals surface area (Å²) in [6.45, 7) is 5.24. The van der Waals surface area contributed by atoms with Crippen LogP contribution < -0.4 is 5.32 Å². The molecule has 0 spiro atoms. The van der Waals surface area contributed by atoms with E-state index in [0.717, 1.165) is 24.7 Å². The van der Waals surface area contributed by atoms with Gasteiger partial charge in [-0.3, -0.25) is 0 Å². The van der Waals surface area contributed by atoms with Crippen molar-refractivity contribution >= 4 is 0 Å². The van der Waals surface area contributed by atoms with Crippen molar-refractivity contribution in [3.8, 4) is 0 Å². The van der Waals surface area contributed by atoms with Crippen LogP contribution in [0.5, 0.6) is 0 Å². The molecular formula is C15H27N3O. The lowest BCUT2D eigenvalue weighted by atomic mass is 9.91. The molecule has 1 fully saturated rings. The van der Waals surface area contributed by atoms with Crippen LogP contribution >= 0.6 is 0 Å². The number of aromatic nitrogens is 2. The predicted molar refractivity (Wildman–Crippen MR) is 76.1 cm³/mol. The van der Waals surface area contributed by atoms with Gasteiger partial charge in [0.25, 0.3) is 0 Å². The van der Waals surface area contributed by atoms with Gasteiger partial charge in [0.05, 0.1) is 6.04 Å². The van der Waals surface area contributed by atoms with E-state index in [1.165, 1.54) is 44.9 Å². The summed E-state index contributed by atoms with van der Waals surface area (Å²) in [6.07, 6.45) is 10.2. The second-order valence-corrected chi connectivity index (χ2v) is 5.70. The van der Waals surface area contributed by atoms with Crippen molar-refractivity contribution in [2.45, 2.75) is 77.2 Å². The molecule has 1 aliphatic carbocycles. The molecule has 0 aromatic carbocycles. The first-order valence-electron chi connectivity index (χ1n) is 7.88. The third-order valence-electron chi connectivity index (χ3n) is 3.98. The summed E-state index contributed by atoms with van der Waals surface area (Å²) in [7, 11) is 0. The number of nitrogens with zero attached hydrogens (tertiary/aromatic N) is 2. The molecule has 1 heterocycles. The molecule has 0 saturated heterocycles. The average molecular weight is 265 g/mol. The number of hydrogen-bond donors (Lipinski definition) is 1. The van der Waals surface area contributed by atoms with Gasteiger partial charge in [-0.2, -0.15) is 0 Å². The summed E-state index contributed by atoms with van der Waals surface area (Å²) in [6, 6.07) is 0.162. The molecule has 0 aliphatic heterocycles. The second kappa shape index (κ2) is 7.63. The van der Waals surface area contributed by atoms with Crippen molar-refractivity contribution in [3.63, 3.8) is 0 Å². The second-order valence-electron chi connectivity index (χ2n) is 5.70. The molecule has 1 aromatic heterocycles. The van der Waals surface area contributed by atoms with Gasteiger partial charge in [-0.1, -0.05) is 39.0 Å². The van der Waals surface area contributed by atoms with Crippen LogP contribution in [0.15, 0.2) is 4.42 Å². The third kappa shape index (κ3) is 4.30. The molecule has 1 aliphatic rings. The maximum atomic E-state index is 5.89. The fourth-order valence-electron chi connectivity index (χ4n) is 2.74. The molecule has 1 unspecified atom stereocenters. The Labute approximate surface area is 116 Å². The Balaban J connectivity index is 1.94. The molecule has 0 amide bonds. The first kappa shape index (κ1) is 14.5. The standard InChI is InChI=1S/C15H27N3O/c1-3-11-16-12(2)14-17-18-15(19-14)13-9-7-5-4-6-8-10-13/h12-13,16H,3-11H2,1-2H3. The van der Waals surface area contributed by atoms with Crippen molar-refractivity contribution in [1.82, 2.24) is 15.5 Å². The Kier molecular flexibility index (Phi) is 5.83. The zero-order valence-corrected chi connectivity index (χ0v) is 12.3. The van der Waals surface area contributed by atoms with Gasteiger partial charge in [0.2, 0.25) is 11.8 Å². The zero-order chi connectivity index (χ0) is 13.5. The minimum atomic E-state index is 0.162.